The number of fused-ring (bicyclic) bond motifs is 1. The minimum absolute atomic E-state index is 0.0933. The van der Waals surface area contributed by atoms with Gasteiger partial charge in [-0.1, -0.05) is 36.4 Å². The lowest BCUT2D eigenvalue weighted by atomic mass is 10.1. The van der Waals surface area contributed by atoms with Gasteiger partial charge in [0.2, 0.25) is 0 Å². The molecule has 1 atom stereocenters. The molecule has 0 bridgehead atoms. The highest BCUT2D eigenvalue weighted by atomic mass is 16.6. The molecule has 0 fully saturated rings. The van der Waals surface area contributed by atoms with Gasteiger partial charge in [0.1, 0.15) is 23.3 Å². The molecule has 0 amide bonds. The number of carbonyl (C=O) groups excluding carboxylic acids is 1. The second kappa shape index (κ2) is 8.22. The number of esters is 1. The van der Waals surface area contributed by atoms with Crippen LogP contribution < -0.4 is 5.73 Å². The third kappa shape index (κ3) is 6.11. The fourth-order valence-corrected chi connectivity index (χ4v) is 2.55. The van der Waals surface area contributed by atoms with Gasteiger partial charge in [-0.05, 0) is 56.0 Å². The van der Waals surface area contributed by atoms with E-state index in [1.54, 1.807) is 12.1 Å². The highest BCUT2D eigenvalue weighted by molar-refractivity contribution is 5.90. The molecule has 3 rings (SSSR count). The first-order valence-electron chi connectivity index (χ1n) is 8.66. The smallest absolute Gasteiger partial charge is 0.320 e. The topological polar surface area (TPSA) is 110 Å². The summed E-state index contributed by atoms with van der Waals surface area (Å²) in [7, 11) is 0. The van der Waals surface area contributed by atoms with Crippen LogP contribution in [-0.4, -0.2) is 33.8 Å². The van der Waals surface area contributed by atoms with Crippen molar-refractivity contribution in [2.24, 2.45) is 5.73 Å². The Balaban J connectivity index is 0.000000194. The van der Waals surface area contributed by atoms with E-state index in [0.29, 0.717) is 0 Å². The number of aliphatic carboxylic acids is 1. The van der Waals surface area contributed by atoms with Gasteiger partial charge in [0.05, 0.1) is 0 Å². The number of ether oxygens (including phenoxy) is 1. The van der Waals surface area contributed by atoms with E-state index in [1.807, 2.05) is 45.0 Å². The fourth-order valence-electron chi connectivity index (χ4n) is 2.55. The molecule has 27 heavy (non-hydrogen) atoms. The predicted octanol–water partition coefficient (Wildman–Crippen LogP) is 2.82. The lowest BCUT2D eigenvalue weighted by Crippen LogP contribution is -2.32. The first-order chi connectivity index (χ1) is 12.6. The SMILES string of the molecule is CC(C)(C)OC(=O)C1c2ccccc21.N[C@@H](Cc1ccc(O)cc1)C(=O)O. The average molecular weight is 371 g/mol. The first-order valence-corrected chi connectivity index (χ1v) is 8.66. The van der Waals surface area contributed by atoms with Crippen molar-refractivity contribution < 1.29 is 24.5 Å². The van der Waals surface area contributed by atoms with Crippen LogP contribution in [0.1, 0.15) is 43.4 Å². The van der Waals surface area contributed by atoms with E-state index in [0.717, 1.165) is 16.7 Å². The zero-order valence-corrected chi connectivity index (χ0v) is 15.7. The number of carboxylic acid groups (broad SMARTS) is 1. The van der Waals surface area contributed by atoms with E-state index in [4.69, 9.17) is 20.7 Å². The molecule has 0 saturated heterocycles. The van der Waals surface area contributed by atoms with Crippen molar-refractivity contribution in [1.29, 1.82) is 0 Å². The normalized spacial score (nSPS) is 13.6. The van der Waals surface area contributed by atoms with Crippen LogP contribution in [0.2, 0.25) is 0 Å². The first kappa shape index (κ1) is 20.5. The summed E-state index contributed by atoms with van der Waals surface area (Å²) < 4.78 is 5.31. The minimum Gasteiger partial charge on any atom is -0.508 e. The van der Waals surface area contributed by atoms with Crippen molar-refractivity contribution in [3.05, 3.63) is 65.2 Å². The van der Waals surface area contributed by atoms with E-state index < -0.39 is 17.6 Å². The Kier molecular flexibility index (Phi) is 6.23. The molecule has 0 unspecified atom stereocenters. The maximum Gasteiger partial charge on any atom is 0.320 e. The number of benzene rings is 2. The summed E-state index contributed by atoms with van der Waals surface area (Å²) in [6.45, 7) is 5.66. The van der Waals surface area contributed by atoms with Gasteiger partial charge >= 0.3 is 11.9 Å². The second-order valence-corrected chi connectivity index (χ2v) is 7.41. The van der Waals surface area contributed by atoms with Crippen LogP contribution in [0.3, 0.4) is 0 Å². The van der Waals surface area contributed by atoms with Crippen LogP contribution in [0, 0.1) is 0 Å². The van der Waals surface area contributed by atoms with Crippen molar-refractivity contribution >= 4 is 11.9 Å². The highest BCUT2D eigenvalue weighted by Gasteiger charge is 2.40. The van der Waals surface area contributed by atoms with Crippen LogP contribution >= 0.6 is 0 Å². The number of aromatic hydroxyl groups is 1. The molecule has 0 aromatic heterocycles. The Morgan fingerprint density at radius 3 is 2.04 bits per heavy atom. The van der Waals surface area contributed by atoms with E-state index in [2.05, 4.69) is 0 Å². The molecule has 0 heterocycles. The molecular formula is C21H25NO5. The molecule has 6 nitrogen and oxygen atoms in total. The molecule has 2 aromatic rings. The molecule has 6 heteroatoms. The van der Waals surface area contributed by atoms with Gasteiger partial charge in [-0.15, -0.1) is 0 Å². The van der Waals surface area contributed by atoms with Crippen LogP contribution in [-0.2, 0) is 20.7 Å². The maximum atomic E-state index is 11.7. The Morgan fingerprint density at radius 1 is 1.07 bits per heavy atom. The summed E-state index contributed by atoms with van der Waals surface area (Å²) in [4.78, 5) is 22.1. The third-order valence-corrected chi connectivity index (χ3v) is 3.89. The van der Waals surface area contributed by atoms with Crippen LogP contribution in [0.4, 0.5) is 0 Å². The van der Waals surface area contributed by atoms with Crippen molar-refractivity contribution in [2.75, 3.05) is 0 Å². The molecule has 0 saturated carbocycles. The minimum atomic E-state index is -1.02. The quantitative estimate of drug-likeness (QED) is 0.713. The second-order valence-electron chi connectivity index (χ2n) is 7.41. The van der Waals surface area contributed by atoms with Crippen molar-refractivity contribution in [3.8, 4) is 5.75 Å². The fraction of sp³-hybridized carbons (Fsp3) is 0.333. The Bertz CT molecular complexity index is 785. The number of phenols is 1. The molecule has 4 N–H and O–H groups in total. The summed E-state index contributed by atoms with van der Waals surface area (Å²) in [6.07, 6.45) is 0.273. The van der Waals surface area contributed by atoms with Gasteiger partial charge < -0.3 is 20.7 Å². The van der Waals surface area contributed by atoms with Gasteiger partial charge in [0.25, 0.3) is 0 Å². The number of rotatable bonds is 4. The van der Waals surface area contributed by atoms with Gasteiger partial charge in [0, 0.05) is 0 Å². The number of hydrogen-bond donors (Lipinski definition) is 3. The highest BCUT2D eigenvalue weighted by Crippen LogP contribution is 2.44. The van der Waals surface area contributed by atoms with Crippen molar-refractivity contribution in [3.63, 3.8) is 0 Å². The molecule has 0 radical (unpaired) electrons. The van der Waals surface area contributed by atoms with E-state index in [1.165, 1.54) is 12.1 Å². The summed E-state index contributed by atoms with van der Waals surface area (Å²) in [5.74, 6) is -1.08. The number of phenolic OH excluding ortho intramolecular Hbond substituents is 1. The van der Waals surface area contributed by atoms with E-state index in [-0.39, 0.29) is 24.1 Å². The molecule has 144 valence electrons. The Hall–Kier alpha value is -2.86. The summed E-state index contributed by atoms with van der Waals surface area (Å²) in [5.41, 5.74) is 7.96. The standard InChI is InChI=1S/C12H14O2.C9H11NO3/c1-12(2,3)14-11(13)10-8-6-4-5-7-9(8)10;10-8(9(12)13)5-6-1-3-7(11)4-2-6/h4-7,10H,1-3H3;1-4,8,11H,5,10H2,(H,12,13)/t;8-/m.0/s1. The van der Waals surface area contributed by atoms with Crippen molar-refractivity contribution in [1.82, 2.24) is 0 Å². The molecular weight excluding hydrogens is 346 g/mol. The number of carboxylic acids is 1. The monoisotopic (exact) mass is 371 g/mol. The Morgan fingerprint density at radius 2 is 1.59 bits per heavy atom. The molecule has 0 aliphatic heterocycles. The largest absolute Gasteiger partial charge is 0.508 e. The number of hydrogen-bond acceptors (Lipinski definition) is 5. The summed E-state index contributed by atoms with van der Waals surface area (Å²) in [6, 6.07) is 13.3. The van der Waals surface area contributed by atoms with Gasteiger partial charge in [-0.25, -0.2) is 0 Å². The molecule has 1 aliphatic carbocycles. The maximum absolute atomic E-state index is 11.7. The van der Waals surface area contributed by atoms with Gasteiger partial charge in [-0.2, -0.15) is 0 Å². The number of nitrogens with two attached hydrogens (primary N) is 1. The lowest BCUT2D eigenvalue weighted by molar-refractivity contribution is -0.154. The molecule has 0 spiro atoms. The molecule has 2 aromatic carbocycles. The third-order valence-electron chi connectivity index (χ3n) is 3.89. The van der Waals surface area contributed by atoms with Crippen molar-refractivity contribution in [2.45, 2.75) is 44.8 Å². The van der Waals surface area contributed by atoms with Crippen LogP contribution in [0.25, 0.3) is 0 Å². The average Bonchev–Trinajstić information content (AvgIpc) is 3.30. The number of carbonyl (C=O) groups is 2. The molecule has 1 aliphatic rings. The van der Waals surface area contributed by atoms with Gasteiger partial charge in [-0.3, -0.25) is 9.59 Å². The van der Waals surface area contributed by atoms with Crippen LogP contribution in [0.15, 0.2) is 48.5 Å². The summed E-state index contributed by atoms with van der Waals surface area (Å²) in [5, 5.41) is 17.5. The van der Waals surface area contributed by atoms with Crippen LogP contribution in [0.5, 0.6) is 5.75 Å². The Labute approximate surface area is 158 Å². The summed E-state index contributed by atoms with van der Waals surface area (Å²) >= 11 is 0. The zero-order chi connectivity index (χ0) is 20.2. The zero-order valence-electron chi connectivity index (χ0n) is 15.7. The van der Waals surface area contributed by atoms with Gasteiger partial charge in [0.15, 0.2) is 0 Å². The van der Waals surface area contributed by atoms with E-state index in [9.17, 15) is 9.59 Å². The predicted molar refractivity (Wildman–Crippen MR) is 102 cm³/mol. The van der Waals surface area contributed by atoms with E-state index >= 15 is 0 Å². The lowest BCUT2D eigenvalue weighted by Gasteiger charge is -2.19.